The fraction of sp³-hybridized carbons (Fsp3) is 0.0455. The van der Waals surface area contributed by atoms with Crippen molar-refractivity contribution in [2.24, 2.45) is 0 Å². The molecule has 3 aromatic carbocycles. The second-order valence-corrected chi connectivity index (χ2v) is 6.35. The van der Waals surface area contributed by atoms with Crippen LogP contribution < -0.4 is 0 Å². The minimum atomic E-state index is 0.769. The standard InChI is InChI=1S/C22H16N4/c1-15-11-13-16(14-12-15)20-21-22(24-19-10-6-5-9-18(19)23-21)26(25-20)17-7-3-2-4-8-17/h2-14H,1H3. The highest BCUT2D eigenvalue weighted by molar-refractivity contribution is 5.93. The number of fused-ring (bicyclic) bond motifs is 2. The lowest BCUT2D eigenvalue weighted by Crippen LogP contribution is -1.98. The first kappa shape index (κ1) is 14.8. The number of hydrogen-bond acceptors (Lipinski definition) is 3. The summed E-state index contributed by atoms with van der Waals surface area (Å²) in [5.74, 6) is 0. The Bertz CT molecular complexity index is 1220. The Morgan fingerprint density at radius 2 is 1.35 bits per heavy atom. The van der Waals surface area contributed by atoms with Crippen molar-refractivity contribution in [3.05, 3.63) is 84.4 Å². The average Bonchev–Trinajstić information content (AvgIpc) is 3.06. The highest BCUT2D eigenvalue weighted by atomic mass is 15.3. The predicted molar refractivity (Wildman–Crippen MR) is 104 cm³/mol. The summed E-state index contributed by atoms with van der Waals surface area (Å²) in [6.07, 6.45) is 0. The lowest BCUT2D eigenvalue weighted by Gasteiger charge is -2.02. The van der Waals surface area contributed by atoms with Gasteiger partial charge in [-0.15, -0.1) is 0 Å². The van der Waals surface area contributed by atoms with Crippen molar-refractivity contribution >= 4 is 22.2 Å². The summed E-state index contributed by atoms with van der Waals surface area (Å²) in [6.45, 7) is 2.08. The maximum Gasteiger partial charge on any atom is 0.182 e. The van der Waals surface area contributed by atoms with Crippen molar-refractivity contribution in [1.29, 1.82) is 0 Å². The molecule has 4 heteroatoms. The molecule has 4 nitrogen and oxygen atoms in total. The van der Waals surface area contributed by atoms with E-state index in [0.29, 0.717) is 0 Å². The molecular formula is C22H16N4. The third-order valence-electron chi connectivity index (χ3n) is 4.50. The van der Waals surface area contributed by atoms with Gasteiger partial charge in [-0.25, -0.2) is 14.6 Å². The third-order valence-corrected chi connectivity index (χ3v) is 4.50. The summed E-state index contributed by atoms with van der Waals surface area (Å²) in [5.41, 5.74) is 7.41. The lowest BCUT2D eigenvalue weighted by atomic mass is 10.1. The molecule has 2 heterocycles. The Hall–Kier alpha value is -3.53. The predicted octanol–water partition coefficient (Wildman–Crippen LogP) is 4.94. The molecule has 0 aliphatic rings. The molecule has 0 fully saturated rings. The van der Waals surface area contributed by atoms with Crippen molar-refractivity contribution < 1.29 is 0 Å². The molecule has 5 rings (SSSR count). The van der Waals surface area contributed by atoms with Crippen LogP contribution in [0.5, 0.6) is 0 Å². The summed E-state index contributed by atoms with van der Waals surface area (Å²) in [6, 6.07) is 26.4. The Morgan fingerprint density at radius 3 is 2.08 bits per heavy atom. The van der Waals surface area contributed by atoms with Crippen LogP contribution in [0.3, 0.4) is 0 Å². The molecule has 0 atom stereocenters. The van der Waals surface area contributed by atoms with Crippen LogP contribution in [0.4, 0.5) is 0 Å². The second kappa shape index (κ2) is 5.77. The first-order valence-electron chi connectivity index (χ1n) is 8.57. The number of rotatable bonds is 2. The summed E-state index contributed by atoms with van der Waals surface area (Å²) in [4.78, 5) is 9.73. The first-order valence-corrected chi connectivity index (χ1v) is 8.57. The van der Waals surface area contributed by atoms with Crippen molar-refractivity contribution in [1.82, 2.24) is 19.7 Å². The number of aromatic nitrogens is 4. The fourth-order valence-electron chi connectivity index (χ4n) is 3.15. The molecule has 5 aromatic rings. The summed E-state index contributed by atoms with van der Waals surface area (Å²) in [7, 11) is 0. The van der Waals surface area contributed by atoms with Crippen molar-refractivity contribution in [2.45, 2.75) is 6.92 Å². The van der Waals surface area contributed by atoms with Gasteiger partial charge in [0.25, 0.3) is 0 Å². The van der Waals surface area contributed by atoms with Crippen LogP contribution >= 0.6 is 0 Å². The second-order valence-electron chi connectivity index (χ2n) is 6.35. The Labute approximate surface area is 150 Å². The van der Waals surface area contributed by atoms with Gasteiger partial charge in [0.15, 0.2) is 5.65 Å². The molecule has 0 spiro atoms. The molecule has 26 heavy (non-hydrogen) atoms. The molecule has 0 N–H and O–H groups in total. The Kier molecular flexibility index (Phi) is 3.28. The number of nitrogens with zero attached hydrogens (tertiary/aromatic N) is 4. The van der Waals surface area contributed by atoms with E-state index in [9.17, 15) is 0 Å². The highest BCUT2D eigenvalue weighted by Crippen LogP contribution is 2.29. The zero-order chi connectivity index (χ0) is 17.5. The molecule has 124 valence electrons. The number of para-hydroxylation sites is 3. The molecule has 0 bridgehead atoms. The fourth-order valence-corrected chi connectivity index (χ4v) is 3.15. The van der Waals surface area contributed by atoms with E-state index in [0.717, 1.165) is 39.1 Å². The lowest BCUT2D eigenvalue weighted by molar-refractivity contribution is 0.903. The molecular weight excluding hydrogens is 320 g/mol. The van der Waals surface area contributed by atoms with Gasteiger partial charge in [-0.1, -0.05) is 60.2 Å². The van der Waals surface area contributed by atoms with Crippen LogP contribution in [0.1, 0.15) is 5.56 Å². The maximum atomic E-state index is 4.88. The molecule has 0 saturated heterocycles. The highest BCUT2D eigenvalue weighted by Gasteiger charge is 2.17. The van der Waals surface area contributed by atoms with E-state index in [1.807, 2.05) is 59.3 Å². The largest absolute Gasteiger partial charge is 0.240 e. The van der Waals surface area contributed by atoms with Crippen molar-refractivity contribution in [3.8, 4) is 16.9 Å². The van der Waals surface area contributed by atoms with E-state index >= 15 is 0 Å². The topological polar surface area (TPSA) is 43.6 Å². The van der Waals surface area contributed by atoms with Crippen LogP contribution in [0.15, 0.2) is 78.9 Å². The zero-order valence-electron chi connectivity index (χ0n) is 14.3. The van der Waals surface area contributed by atoms with Gasteiger partial charge in [0.2, 0.25) is 0 Å². The van der Waals surface area contributed by atoms with E-state index in [2.05, 4.69) is 31.2 Å². The molecule has 0 aliphatic carbocycles. The average molecular weight is 336 g/mol. The van der Waals surface area contributed by atoms with Crippen molar-refractivity contribution in [3.63, 3.8) is 0 Å². The zero-order valence-corrected chi connectivity index (χ0v) is 14.3. The minimum Gasteiger partial charge on any atom is -0.240 e. The quantitative estimate of drug-likeness (QED) is 0.458. The number of benzene rings is 3. The van der Waals surface area contributed by atoms with E-state index < -0.39 is 0 Å². The van der Waals surface area contributed by atoms with Gasteiger partial charge >= 0.3 is 0 Å². The Morgan fingerprint density at radius 1 is 0.692 bits per heavy atom. The summed E-state index contributed by atoms with van der Waals surface area (Å²) >= 11 is 0. The van der Waals surface area contributed by atoms with Gasteiger partial charge in [-0.05, 0) is 31.2 Å². The van der Waals surface area contributed by atoms with E-state index in [4.69, 9.17) is 15.1 Å². The molecule has 0 saturated carbocycles. The monoisotopic (exact) mass is 336 g/mol. The molecule has 2 aromatic heterocycles. The minimum absolute atomic E-state index is 0.769. The molecule has 0 radical (unpaired) electrons. The van der Waals surface area contributed by atoms with Gasteiger partial charge in [0, 0.05) is 5.56 Å². The van der Waals surface area contributed by atoms with E-state index in [-0.39, 0.29) is 0 Å². The van der Waals surface area contributed by atoms with E-state index in [1.54, 1.807) is 0 Å². The number of aryl methyl sites for hydroxylation is 1. The third kappa shape index (κ3) is 2.35. The number of hydrogen-bond donors (Lipinski definition) is 0. The first-order chi connectivity index (χ1) is 12.8. The molecule has 0 amide bonds. The SMILES string of the molecule is Cc1ccc(-c2nn(-c3ccccc3)c3nc4ccccc4nc23)cc1. The normalized spacial score (nSPS) is 11.3. The maximum absolute atomic E-state index is 4.88. The van der Waals surface area contributed by atoms with E-state index in [1.165, 1.54) is 5.56 Å². The smallest absolute Gasteiger partial charge is 0.182 e. The van der Waals surface area contributed by atoms with Gasteiger partial charge < -0.3 is 0 Å². The van der Waals surface area contributed by atoms with Gasteiger partial charge in [-0.2, -0.15) is 5.10 Å². The van der Waals surface area contributed by atoms with Crippen molar-refractivity contribution in [2.75, 3.05) is 0 Å². The molecule has 0 unspecified atom stereocenters. The van der Waals surface area contributed by atoms with Crippen LogP contribution in [0, 0.1) is 6.92 Å². The van der Waals surface area contributed by atoms with Gasteiger partial charge in [0.05, 0.1) is 16.7 Å². The van der Waals surface area contributed by atoms with Crippen LogP contribution in [-0.4, -0.2) is 19.7 Å². The van der Waals surface area contributed by atoms with Gasteiger partial charge in [0.1, 0.15) is 11.2 Å². The molecule has 0 aliphatic heterocycles. The van der Waals surface area contributed by atoms with Crippen LogP contribution in [-0.2, 0) is 0 Å². The van der Waals surface area contributed by atoms with Crippen LogP contribution in [0.2, 0.25) is 0 Å². The Balaban J connectivity index is 1.87. The van der Waals surface area contributed by atoms with Crippen LogP contribution in [0.25, 0.3) is 39.1 Å². The summed E-state index contributed by atoms with van der Waals surface area (Å²) < 4.78 is 1.88. The van der Waals surface area contributed by atoms with Gasteiger partial charge in [-0.3, -0.25) is 0 Å². The summed E-state index contributed by atoms with van der Waals surface area (Å²) in [5, 5.41) is 4.87.